The van der Waals surface area contributed by atoms with E-state index in [9.17, 15) is 14.4 Å². The lowest BCUT2D eigenvalue weighted by molar-refractivity contribution is -0.146. The number of amides is 1. The maximum absolute atomic E-state index is 12.2. The summed E-state index contributed by atoms with van der Waals surface area (Å²) in [4.78, 5) is 35.5. The van der Waals surface area contributed by atoms with Crippen molar-refractivity contribution in [1.82, 2.24) is 5.32 Å². The molecule has 21 heavy (non-hydrogen) atoms. The SMILES string of the molecule is CCOC(=O)NC(CC(=O)C1=CCCCC1)C(=O)OCC. The van der Waals surface area contributed by atoms with Gasteiger partial charge in [0.1, 0.15) is 6.04 Å². The molecule has 0 aromatic heterocycles. The molecule has 0 fully saturated rings. The molecule has 6 heteroatoms. The van der Waals surface area contributed by atoms with Gasteiger partial charge >= 0.3 is 12.1 Å². The van der Waals surface area contributed by atoms with Gasteiger partial charge in [-0.1, -0.05) is 6.08 Å². The van der Waals surface area contributed by atoms with Gasteiger partial charge in [-0.15, -0.1) is 0 Å². The van der Waals surface area contributed by atoms with Gasteiger partial charge < -0.3 is 14.8 Å². The van der Waals surface area contributed by atoms with Crippen molar-refractivity contribution in [3.63, 3.8) is 0 Å². The van der Waals surface area contributed by atoms with Gasteiger partial charge in [0, 0.05) is 6.42 Å². The monoisotopic (exact) mass is 297 g/mol. The highest BCUT2D eigenvalue weighted by Crippen LogP contribution is 2.19. The number of rotatable bonds is 7. The van der Waals surface area contributed by atoms with Crippen molar-refractivity contribution in [2.45, 2.75) is 52.0 Å². The number of Topliss-reactive ketones (excluding diaryl/α,β-unsaturated/α-hetero) is 1. The Bertz CT molecular complexity index is 416. The van der Waals surface area contributed by atoms with E-state index >= 15 is 0 Å². The Balaban J connectivity index is 2.66. The first-order valence-corrected chi connectivity index (χ1v) is 7.40. The summed E-state index contributed by atoms with van der Waals surface area (Å²) in [5, 5.41) is 2.39. The van der Waals surface area contributed by atoms with Gasteiger partial charge in [-0.05, 0) is 45.1 Å². The number of carbonyl (C=O) groups excluding carboxylic acids is 3. The van der Waals surface area contributed by atoms with Crippen LogP contribution in [0.25, 0.3) is 0 Å². The predicted molar refractivity (Wildman–Crippen MR) is 76.8 cm³/mol. The number of hydrogen-bond acceptors (Lipinski definition) is 5. The zero-order chi connectivity index (χ0) is 15.7. The minimum Gasteiger partial charge on any atom is -0.464 e. The Morgan fingerprint density at radius 1 is 1.19 bits per heavy atom. The standard InChI is InChI=1S/C15H23NO5/c1-3-20-14(18)12(16-15(19)21-4-2)10-13(17)11-8-6-5-7-9-11/h8,12H,3-7,9-10H2,1-2H3,(H,16,19). The van der Waals surface area contributed by atoms with E-state index in [2.05, 4.69) is 5.32 Å². The molecule has 118 valence electrons. The van der Waals surface area contributed by atoms with Gasteiger partial charge in [0.15, 0.2) is 5.78 Å². The molecule has 1 aliphatic carbocycles. The van der Waals surface area contributed by atoms with E-state index in [0.29, 0.717) is 0 Å². The Morgan fingerprint density at radius 2 is 1.90 bits per heavy atom. The van der Waals surface area contributed by atoms with Crippen molar-refractivity contribution in [3.05, 3.63) is 11.6 Å². The van der Waals surface area contributed by atoms with E-state index in [1.54, 1.807) is 13.8 Å². The second kappa shape index (κ2) is 9.15. The molecular formula is C15H23NO5. The molecule has 6 nitrogen and oxygen atoms in total. The molecule has 0 aliphatic heterocycles. The third kappa shape index (κ3) is 5.97. The summed E-state index contributed by atoms with van der Waals surface area (Å²) in [6.07, 6.45) is 4.78. The smallest absolute Gasteiger partial charge is 0.407 e. The molecule has 0 radical (unpaired) electrons. The van der Waals surface area contributed by atoms with Gasteiger partial charge in [-0.25, -0.2) is 9.59 Å². The van der Waals surface area contributed by atoms with Crippen molar-refractivity contribution in [2.24, 2.45) is 0 Å². The average molecular weight is 297 g/mol. The summed E-state index contributed by atoms with van der Waals surface area (Å²) in [5.74, 6) is -0.736. The Labute approximate surface area is 124 Å². The van der Waals surface area contributed by atoms with Crippen LogP contribution in [0.4, 0.5) is 4.79 Å². The fourth-order valence-electron chi connectivity index (χ4n) is 2.16. The fourth-order valence-corrected chi connectivity index (χ4v) is 2.16. The van der Waals surface area contributed by atoms with Gasteiger partial charge in [0.05, 0.1) is 13.2 Å². The van der Waals surface area contributed by atoms with Crippen LogP contribution in [0.5, 0.6) is 0 Å². The van der Waals surface area contributed by atoms with Gasteiger partial charge in [0.2, 0.25) is 0 Å². The first kappa shape index (κ1) is 17.2. The lowest BCUT2D eigenvalue weighted by atomic mass is 9.93. The Morgan fingerprint density at radius 3 is 2.48 bits per heavy atom. The number of hydrogen-bond donors (Lipinski definition) is 1. The number of allylic oxidation sites excluding steroid dienone is 2. The molecule has 1 atom stereocenters. The zero-order valence-electron chi connectivity index (χ0n) is 12.6. The van der Waals surface area contributed by atoms with Crippen LogP contribution >= 0.6 is 0 Å². The minimum atomic E-state index is -1.00. The van der Waals surface area contributed by atoms with Gasteiger partial charge in [0.25, 0.3) is 0 Å². The summed E-state index contributed by atoms with van der Waals surface area (Å²) >= 11 is 0. The van der Waals surface area contributed by atoms with Crippen LogP contribution in [-0.4, -0.2) is 37.1 Å². The van der Waals surface area contributed by atoms with Crippen LogP contribution in [0.15, 0.2) is 11.6 Å². The van der Waals surface area contributed by atoms with E-state index in [1.165, 1.54) is 0 Å². The molecule has 0 heterocycles. The average Bonchev–Trinajstić information content (AvgIpc) is 2.48. The highest BCUT2D eigenvalue weighted by molar-refractivity contribution is 5.99. The summed E-state index contributed by atoms with van der Waals surface area (Å²) in [6.45, 7) is 3.72. The van der Waals surface area contributed by atoms with Gasteiger partial charge in [-0.3, -0.25) is 4.79 Å². The number of ether oxygens (including phenoxy) is 2. The van der Waals surface area contributed by atoms with Crippen molar-refractivity contribution >= 4 is 17.8 Å². The van der Waals surface area contributed by atoms with Crippen LogP contribution in [0.1, 0.15) is 46.0 Å². The summed E-state index contributed by atoms with van der Waals surface area (Å²) in [5.41, 5.74) is 0.737. The highest BCUT2D eigenvalue weighted by atomic mass is 16.6. The summed E-state index contributed by atoms with van der Waals surface area (Å²) in [6, 6.07) is -1.00. The molecule has 0 saturated heterocycles. The second-order valence-corrected chi connectivity index (χ2v) is 4.77. The maximum Gasteiger partial charge on any atom is 0.407 e. The first-order valence-electron chi connectivity index (χ1n) is 7.40. The quantitative estimate of drug-likeness (QED) is 0.728. The van der Waals surface area contributed by atoms with E-state index in [0.717, 1.165) is 31.3 Å². The molecule has 0 aromatic carbocycles. The molecular weight excluding hydrogens is 274 g/mol. The molecule has 1 unspecified atom stereocenters. The van der Waals surface area contributed by atoms with E-state index in [4.69, 9.17) is 9.47 Å². The maximum atomic E-state index is 12.2. The molecule has 0 aromatic rings. The largest absolute Gasteiger partial charge is 0.464 e. The van der Waals surface area contributed by atoms with Crippen LogP contribution in [-0.2, 0) is 19.1 Å². The summed E-state index contributed by atoms with van der Waals surface area (Å²) < 4.78 is 9.63. The van der Waals surface area contributed by atoms with Crippen LogP contribution in [0, 0.1) is 0 Å². The molecule has 1 rings (SSSR count). The lowest BCUT2D eigenvalue weighted by Crippen LogP contribution is -2.43. The van der Waals surface area contributed by atoms with Crippen LogP contribution in [0.3, 0.4) is 0 Å². The molecule has 0 bridgehead atoms. The van der Waals surface area contributed by atoms with Crippen molar-refractivity contribution in [3.8, 4) is 0 Å². The summed E-state index contributed by atoms with van der Waals surface area (Å²) in [7, 11) is 0. The van der Waals surface area contributed by atoms with Crippen molar-refractivity contribution < 1.29 is 23.9 Å². The number of alkyl carbamates (subject to hydrolysis) is 1. The van der Waals surface area contributed by atoms with E-state index in [1.807, 2.05) is 6.08 Å². The zero-order valence-corrected chi connectivity index (χ0v) is 12.6. The van der Waals surface area contributed by atoms with E-state index in [-0.39, 0.29) is 25.4 Å². The topological polar surface area (TPSA) is 81.7 Å². The number of ketones is 1. The van der Waals surface area contributed by atoms with E-state index < -0.39 is 18.1 Å². The van der Waals surface area contributed by atoms with Crippen molar-refractivity contribution in [1.29, 1.82) is 0 Å². The van der Waals surface area contributed by atoms with Gasteiger partial charge in [-0.2, -0.15) is 0 Å². The normalized spacial score (nSPS) is 15.6. The van der Waals surface area contributed by atoms with Crippen molar-refractivity contribution in [2.75, 3.05) is 13.2 Å². The van der Waals surface area contributed by atoms with Crippen LogP contribution in [0.2, 0.25) is 0 Å². The third-order valence-electron chi connectivity index (χ3n) is 3.18. The Hall–Kier alpha value is -1.85. The highest BCUT2D eigenvalue weighted by Gasteiger charge is 2.27. The lowest BCUT2D eigenvalue weighted by Gasteiger charge is -2.18. The molecule has 0 saturated carbocycles. The number of esters is 1. The minimum absolute atomic E-state index is 0.0938. The fraction of sp³-hybridized carbons (Fsp3) is 0.667. The predicted octanol–water partition coefficient (Wildman–Crippen LogP) is 2.12. The third-order valence-corrected chi connectivity index (χ3v) is 3.18. The second-order valence-electron chi connectivity index (χ2n) is 4.77. The number of nitrogens with one attached hydrogen (secondary N) is 1. The van der Waals surface area contributed by atoms with Crippen LogP contribution < -0.4 is 5.32 Å². The molecule has 0 spiro atoms. The molecule has 1 N–H and O–H groups in total. The Kier molecular flexibility index (Phi) is 7.50. The molecule has 1 aliphatic rings. The molecule has 1 amide bonds. The number of carbonyl (C=O) groups is 3. The first-order chi connectivity index (χ1) is 10.1.